The Bertz CT molecular complexity index is 1180. The van der Waals surface area contributed by atoms with E-state index < -0.39 is 20.5 Å². The summed E-state index contributed by atoms with van der Waals surface area (Å²) in [4.78, 5) is 14.0. The van der Waals surface area contributed by atoms with Crippen LogP contribution in [0.3, 0.4) is 0 Å². The first kappa shape index (κ1) is 26.3. The Labute approximate surface area is 223 Å². The summed E-state index contributed by atoms with van der Waals surface area (Å²) in [5.41, 5.74) is 4.74. The van der Waals surface area contributed by atoms with Crippen LogP contribution in [0.4, 0.5) is 4.79 Å². The molecule has 0 saturated carbocycles. The fourth-order valence-electron chi connectivity index (χ4n) is 4.18. The molecule has 0 saturated heterocycles. The molecule has 0 heterocycles. The fourth-order valence-corrected chi connectivity index (χ4v) is 6.84. The predicted molar refractivity (Wildman–Crippen MR) is 153 cm³/mol. The molecule has 3 aromatic carbocycles. The number of amides is 1. The second-order valence-electron chi connectivity index (χ2n) is 9.54. The average Bonchev–Trinajstić information content (AvgIpc) is 3.18. The van der Waals surface area contributed by atoms with Gasteiger partial charge in [0, 0.05) is 16.6 Å². The fraction of sp³-hybridized carbons (Fsp3) is 0.286. The SMILES string of the molecule is COc1ccc(SCC(NC(=O)OCC2c3ccccc3-c3ccccc32)C(=S)O[Si](C)(C)C)cc1. The molecule has 4 rings (SSSR count). The number of alkyl carbamates (subject to hydrolysis) is 1. The van der Waals surface area contributed by atoms with Crippen molar-refractivity contribution in [2.75, 3.05) is 19.5 Å². The van der Waals surface area contributed by atoms with Crippen LogP contribution in [0.25, 0.3) is 11.1 Å². The van der Waals surface area contributed by atoms with E-state index in [-0.39, 0.29) is 12.5 Å². The molecule has 8 heteroatoms. The zero-order valence-corrected chi connectivity index (χ0v) is 23.6. The molecule has 0 fully saturated rings. The third kappa shape index (κ3) is 6.49. The average molecular weight is 538 g/mol. The molecule has 1 N–H and O–H groups in total. The van der Waals surface area contributed by atoms with E-state index in [1.807, 2.05) is 48.5 Å². The zero-order valence-electron chi connectivity index (χ0n) is 20.9. The van der Waals surface area contributed by atoms with Gasteiger partial charge in [-0.15, -0.1) is 11.8 Å². The molecule has 1 aliphatic rings. The number of fused-ring (bicyclic) bond motifs is 3. The third-order valence-corrected chi connectivity index (χ3v) is 8.26. The van der Waals surface area contributed by atoms with Crippen LogP contribution in [0.1, 0.15) is 17.0 Å². The van der Waals surface area contributed by atoms with Gasteiger partial charge < -0.3 is 19.2 Å². The minimum absolute atomic E-state index is 0.000424. The van der Waals surface area contributed by atoms with Crippen LogP contribution in [0.5, 0.6) is 5.75 Å². The minimum atomic E-state index is -1.93. The Morgan fingerprint density at radius 1 is 0.972 bits per heavy atom. The van der Waals surface area contributed by atoms with Gasteiger partial charge in [-0.3, -0.25) is 0 Å². The first-order valence-electron chi connectivity index (χ1n) is 11.9. The molecule has 0 radical (unpaired) electrons. The van der Waals surface area contributed by atoms with Crippen LogP contribution >= 0.6 is 24.0 Å². The number of nitrogens with one attached hydrogen (secondary N) is 1. The highest BCUT2D eigenvalue weighted by atomic mass is 32.2. The molecule has 0 aliphatic heterocycles. The van der Waals surface area contributed by atoms with E-state index in [0.29, 0.717) is 10.8 Å². The summed E-state index contributed by atoms with van der Waals surface area (Å²) in [6, 6.07) is 23.9. The van der Waals surface area contributed by atoms with Crippen molar-refractivity contribution in [3.63, 3.8) is 0 Å². The van der Waals surface area contributed by atoms with E-state index >= 15 is 0 Å². The van der Waals surface area contributed by atoms with E-state index in [0.717, 1.165) is 10.6 Å². The van der Waals surface area contributed by atoms with Crippen LogP contribution in [-0.2, 0) is 9.16 Å². The van der Waals surface area contributed by atoms with E-state index in [1.54, 1.807) is 18.9 Å². The van der Waals surface area contributed by atoms with Gasteiger partial charge in [0.1, 0.15) is 18.4 Å². The number of methoxy groups -OCH3 is 1. The number of carbonyl (C=O) groups is 1. The number of thioether (sulfide) groups is 1. The van der Waals surface area contributed by atoms with Gasteiger partial charge in [-0.1, -0.05) is 48.5 Å². The summed E-state index contributed by atoms with van der Waals surface area (Å²) >= 11 is 7.19. The lowest BCUT2D eigenvalue weighted by atomic mass is 9.98. The highest BCUT2D eigenvalue weighted by Crippen LogP contribution is 2.44. The molecule has 1 amide bonds. The van der Waals surface area contributed by atoms with E-state index in [1.165, 1.54) is 22.3 Å². The second-order valence-corrected chi connectivity index (χ2v) is 15.5. The van der Waals surface area contributed by atoms with E-state index in [4.69, 9.17) is 26.1 Å². The standard InChI is InChI=1S/C28H31NO4S2Si/c1-31-19-13-15-20(16-14-19)35-18-26(27(34)33-36(2,3)4)29-28(30)32-17-25-23-11-7-5-9-21(23)22-10-6-8-12-24(22)25/h5-16,25-26H,17-18H2,1-4H3,(H,29,30). The largest absolute Gasteiger partial charge is 0.538 e. The molecule has 0 bridgehead atoms. The zero-order chi connectivity index (χ0) is 25.7. The lowest BCUT2D eigenvalue weighted by molar-refractivity contribution is 0.141. The van der Waals surface area contributed by atoms with Crippen molar-refractivity contribution in [3.8, 4) is 16.9 Å². The van der Waals surface area contributed by atoms with Gasteiger partial charge >= 0.3 is 6.09 Å². The summed E-state index contributed by atoms with van der Waals surface area (Å²) < 4.78 is 17.1. The van der Waals surface area contributed by atoms with Crippen molar-refractivity contribution in [3.05, 3.63) is 83.9 Å². The molecule has 36 heavy (non-hydrogen) atoms. The number of rotatable bonds is 9. The molecule has 5 nitrogen and oxygen atoms in total. The van der Waals surface area contributed by atoms with Gasteiger partial charge in [0.25, 0.3) is 0 Å². The lowest BCUT2D eigenvalue weighted by Gasteiger charge is -2.26. The van der Waals surface area contributed by atoms with Crippen LogP contribution < -0.4 is 10.1 Å². The van der Waals surface area contributed by atoms with Gasteiger partial charge in [-0.25, -0.2) is 4.79 Å². The molecule has 1 unspecified atom stereocenters. The van der Waals surface area contributed by atoms with E-state index in [2.05, 4.69) is 49.2 Å². The number of hydrogen-bond acceptors (Lipinski definition) is 6. The number of benzene rings is 3. The van der Waals surface area contributed by atoms with Gasteiger partial charge in [0.2, 0.25) is 8.32 Å². The van der Waals surface area contributed by atoms with Gasteiger partial charge in [0.05, 0.1) is 7.11 Å². The summed E-state index contributed by atoms with van der Waals surface area (Å²) in [6.07, 6.45) is -0.501. The molecule has 188 valence electrons. The maximum absolute atomic E-state index is 12.9. The molecular weight excluding hydrogens is 507 g/mol. The first-order valence-corrected chi connectivity index (χ1v) is 16.7. The highest BCUT2D eigenvalue weighted by molar-refractivity contribution is 7.99. The summed E-state index contributed by atoms with van der Waals surface area (Å²) in [7, 11) is -0.291. The Kier molecular flexibility index (Phi) is 8.38. The van der Waals surface area contributed by atoms with Gasteiger partial charge in [-0.2, -0.15) is 0 Å². The molecule has 1 atom stereocenters. The maximum atomic E-state index is 12.9. The Hall–Kier alpha value is -2.81. The molecule has 0 spiro atoms. The van der Waals surface area contributed by atoms with Crippen molar-refractivity contribution in [1.82, 2.24) is 5.32 Å². The molecule has 3 aromatic rings. The van der Waals surface area contributed by atoms with Crippen LogP contribution in [0, 0.1) is 0 Å². The van der Waals surface area contributed by atoms with E-state index in [9.17, 15) is 4.79 Å². The number of carbonyl (C=O) groups excluding carboxylic acids is 1. The Morgan fingerprint density at radius 3 is 2.11 bits per heavy atom. The van der Waals surface area contributed by atoms with Crippen molar-refractivity contribution >= 4 is 43.4 Å². The third-order valence-electron chi connectivity index (χ3n) is 5.80. The molecular formula is C28H31NO4S2Si. The summed E-state index contributed by atoms with van der Waals surface area (Å²) in [6.45, 7) is 6.46. The monoisotopic (exact) mass is 537 g/mol. The highest BCUT2D eigenvalue weighted by Gasteiger charge is 2.30. The number of thiocarbonyl (C=S) groups is 1. The summed E-state index contributed by atoms with van der Waals surface area (Å²) in [5, 5.41) is 3.35. The molecule has 0 aromatic heterocycles. The summed E-state index contributed by atoms with van der Waals surface area (Å²) in [5.74, 6) is 1.32. The number of ether oxygens (including phenoxy) is 2. The van der Waals surface area contributed by atoms with Crippen molar-refractivity contribution in [1.29, 1.82) is 0 Å². The molecule has 1 aliphatic carbocycles. The van der Waals surface area contributed by atoms with Crippen molar-refractivity contribution < 1.29 is 18.7 Å². The van der Waals surface area contributed by atoms with Crippen molar-refractivity contribution in [2.45, 2.75) is 36.5 Å². The topological polar surface area (TPSA) is 56.8 Å². The minimum Gasteiger partial charge on any atom is -0.538 e. The smallest absolute Gasteiger partial charge is 0.407 e. The maximum Gasteiger partial charge on any atom is 0.407 e. The Balaban J connectivity index is 1.42. The lowest BCUT2D eigenvalue weighted by Crippen LogP contribution is -2.46. The normalized spacial score (nSPS) is 13.3. The van der Waals surface area contributed by atoms with Crippen LogP contribution in [-0.4, -0.2) is 45.0 Å². The van der Waals surface area contributed by atoms with Crippen LogP contribution in [0.15, 0.2) is 77.7 Å². The second kappa shape index (κ2) is 11.5. The predicted octanol–water partition coefficient (Wildman–Crippen LogP) is 6.87. The van der Waals surface area contributed by atoms with Crippen molar-refractivity contribution in [2.24, 2.45) is 0 Å². The quantitative estimate of drug-likeness (QED) is 0.183. The van der Waals surface area contributed by atoms with Crippen LogP contribution in [0.2, 0.25) is 19.6 Å². The number of hydrogen-bond donors (Lipinski definition) is 1. The Morgan fingerprint density at radius 2 is 1.56 bits per heavy atom. The first-order chi connectivity index (χ1) is 17.2. The van der Waals surface area contributed by atoms with Gasteiger partial charge in [-0.05, 0) is 78.4 Å². The van der Waals surface area contributed by atoms with Gasteiger partial charge in [0.15, 0.2) is 5.05 Å².